The van der Waals surface area contributed by atoms with E-state index in [1.807, 2.05) is 18.0 Å². The molecule has 1 aromatic rings. The Labute approximate surface area is 103 Å². The molecule has 17 heavy (non-hydrogen) atoms. The maximum absolute atomic E-state index is 8.87. The van der Waals surface area contributed by atoms with Gasteiger partial charge in [0.05, 0.1) is 6.61 Å². The van der Waals surface area contributed by atoms with Crippen LogP contribution >= 0.6 is 0 Å². The van der Waals surface area contributed by atoms with Crippen LogP contribution in [0.4, 0.5) is 11.6 Å². The summed E-state index contributed by atoms with van der Waals surface area (Å²) in [5, 5.41) is 12.1. The summed E-state index contributed by atoms with van der Waals surface area (Å²) in [5.74, 6) is 2.34. The number of anilines is 2. The van der Waals surface area contributed by atoms with Crippen LogP contribution in [0.25, 0.3) is 0 Å². The molecule has 1 heterocycles. The zero-order valence-corrected chi connectivity index (χ0v) is 10.8. The van der Waals surface area contributed by atoms with Gasteiger partial charge in [-0.3, -0.25) is 0 Å². The van der Waals surface area contributed by atoms with Crippen molar-refractivity contribution in [3.63, 3.8) is 0 Å². The van der Waals surface area contributed by atoms with Gasteiger partial charge in [-0.05, 0) is 12.3 Å². The Morgan fingerprint density at radius 3 is 2.82 bits per heavy atom. The molecular weight excluding hydrogens is 216 g/mol. The van der Waals surface area contributed by atoms with Crippen molar-refractivity contribution >= 4 is 11.6 Å². The van der Waals surface area contributed by atoms with Gasteiger partial charge in [0.1, 0.15) is 18.0 Å². The van der Waals surface area contributed by atoms with E-state index in [1.54, 1.807) is 6.33 Å². The zero-order valence-electron chi connectivity index (χ0n) is 10.8. The van der Waals surface area contributed by atoms with Gasteiger partial charge in [0, 0.05) is 26.2 Å². The maximum atomic E-state index is 8.87. The Morgan fingerprint density at radius 1 is 1.41 bits per heavy atom. The average Bonchev–Trinajstić information content (AvgIpc) is 2.29. The Bertz CT molecular complexity index is 330. The first-order chi connectivity index (χ1) is 8.13. The quantitative estimate of drug-likeness (QED) is 0.751. The second-order valence-corrected chi connectivity index (χ2v) is 4.52. The summed E-state index contributed by atoms with van der Waals surface area (Å²) in [6.07, 6.45) is 2.66. The van der Waals surface area contributed by atoms with E-state index in [2.05, 4.69) is 29.1 Å². The van der Waals surface area contributed by atoms with Crippen LogP contribution in [-0.4, -0.2) is 41.8 Å². The van der Waals surface area contributed by atoms with Crippen molar-refractivity contribution in [3.8, 4) is 0 Å². The molecule has 0 radical (unpaired) electrons. The van der Waals surface area contributed by atoms with Crippen LogP contribution in [0, 0.1) is 5.92 Å². The number of aliphatic hydroxyl groups excluding tert-OH is 1. The van der Waals surface area contributed by atoms with Crippen LogP contribution in [0.2, 0.25) is 0 Å². The second kappa shape index (κ2) is 7.06. The molecule has 0 atom stereocenters. The first kappa shape index (κ1) is 13.7. The number of hydrogen-bond donors (Lipinski definition) is 2. The molecule has 0 spiro atoms. The van der Waals surface area contributed by atoms with Crippen LogP contribution in [0.3, 0.4) is 0 Å². The molecule has 0 saturated carbocycles. The van der Waals surface area contributed by atoms with Crippen molar-refractivity contribution in [1.29, 1.82) is 0 Å². The lowest BCUT2D eigenvalue weighted by atomic mass is 10.1. The van der Waals surface area contributed by atoms with Crippen molar-refractivity contribution in [3.05, 3.63) is 12.4 Å². The van der Waals surface area contributed by atoms with Gasteiger partial charge in [0.2, 0.25) is 0 Å². The van der Waals surface area contributed by atoms with E-state index in [4.69, 9.17) is 5.11 Å². The number of hydrogen-bond acceptors (Lipinski definition) is 5. The molecule has 0 bridgehead atoms. The van der Waals surface area contributed by atoms with Gasteiger partial charge in [-0.25, -0.2) is 9.97 Å². The standard InChI is InChI=1S/C12H22N4O/c1-10(2)4-5-13-11-8-12(15-9-14-11)16(3)6-7-17/h8-10,17H,4-7H2,1-3H3,(H,13,14,15). The van der Waals surface area contributed by atoms with Crippen LogP contribution in [-0.2, 0) is 0 Å². The highest BCUT2D eigenvalue weighted by Gasteiger charge is 2.03. The summed E-state index contributed by atoms with van der Waals surface area (Å²) in [7, 11) is 1.90. The fourth-order valence-corrected chi connectivity index (χ4v) is 1.41. The fourth-order valence-electron chi connectivity index (χ4n) is 1.41. The molecule has 0 aliphatic heterocycles. The Hall–Kier alpha value is -1.36. The maximum Gasteiger partial charge on any atom is 0.133 e. The molecule has 0 unspecified atom stereocenters. The highest BCUT2D eigenvalue weighted by Crippen LogP contribution is 2.12. The predicted molar refractivity (Wildman–Crippen MR) is 70.3 cm³/mol. The molecule has 2 N–H and O–H groups in total. The summed E-state index contributed by atoms with van der Waals surface area (Å²) < 4.78 is 0. The Morgan fingerprint density at radius 2 is 2.18 bits per heavy atom. The van der Waals surface area contributed by atoms with Gasteiger partial charge in [0.25, 0.3) is 0 Å². The van der Waals surface area contributed by atoms with E-state index in [1.165, 1.54) is 0 Å². The zero-order chi connectivity index (χ0) is 12.7. The molecule has 0 saturated heterocycles. The predicted octanol–water partition coefficient (Wildman–Crippen LogP) is 1.36. The first-order valence-electron chi connectivity index (χ1n) is 6.01. The minimum absolute atomic E-state index is 0.122. The molecule has 1 aromatic heterocycles. The van der Waals surface area contributed by atoms with E-state index in [9.17, 15) is 0 Å². The summed E-state index contributed by atoms with van der Waals surface area (Å²) >= 11 is 0. The number of rotatable bonds is 7. The minimum Gasteiger partial charge on any atom is -0.395 e. The number of aliphatic hydroxyl groups is 1. The summed E-state index contributed by atoms with van der Waals surface area (Å²) in [5.41, 5.74) is 0. The van der Waals surface area contributed by atoms with E-state index >= 15 is 0 Å². The van der Waals surface area contributed by atoms with Crippen LogP contribution in [0.5, 0.6) is 0 Å². The van der Waals surface area contributed by atoms with Crippen LogP contribution < -0.4 is 10.2 Å². The van der Waals surface area contributed by atoms with Crippen molar-refractivity contribution < 1.29 is 5.11 Å². The largest absolute Gasteiger partial charge is 0.395 e. The van der Waals surface area contributed by atoms with E-state index in [-0.39, 0.29) is 6.61 Å². The smallest absolute Gasteiger partial charge is 0.133 e. The molecular formula is C12H22N4O. The van der Waals surface area contributed by atoms with Gasteiger partial charge in [-0.1, -0.05) is 13.8 Å². The third-order valence-electron chi connectivity index (χ3n) is 2.51. The molecule has 0 aliphatic carbocycles. The van der Waals surface area contributed by atoms with Crippen LogP contribution in [0.1, 0.15) is 20.3 Å². The highest BCUT2D eigenvalue weighted by atomic mass is 16.3. The Kier molecular flexibility index (Phi) is 5.69. The minimum atomic E-state index is 0.122. The lowest BCUT2D eigenvalue weighted by Crippen LogP contribution is -2.22. The molecule has 5 nitrogen and oxygen atoms in total. The first-order valence-corrected chi connectivity index (χ1v) is 6.01. The van der Waals surface area contributed by atoms with Crippen molar-refractivity contribution in [1.82, 2.24) is 9.97 Å². The average molecular weight is 238 g/mol. The van der Waals surface area contributed by atoms with E-state index < -0.39 is 0 Å². The van der Waals surface area contributed by atoms with Gasteiger partial charge < -0.3 is 15.3 Å². The number of aromatic nitrogens is 2. The van der Waals surface area contributed by atoms with Gasteiger partial charge in [-0.2, -0.15) is 0 Å². The molecule has 1 rings (SSSR count). The third kappa shape index (κ3) is 4.99. The lowest BCUT2D eigenvalue weighted by Gasteiger charge is -2.17. The molecule has 0 aliphatic rings. The lowest BCUT2D eigenvalue weighted by molar-refractivity contribution is 0.304. The monoisotopic (exact) mass is 238 g/mol. The molecule has 5 heteroatoms. The molecule has 0 fully saturated rings. The van der Waals surface area contributed by atoms with E-state index in [0.717, 1.165) is 24.6 Å². The number of nitrogens with zero attached hydrogens (tertiary/aromatic N) is 3. The van der Waals surface area contributed by atoms with Crippen molar-refractivity contribution in [2.24, 2.45) is 5.92 Å². The number of nitrogens with one attached hydrogen (secondary N) is 1. The van der Waals surface area contributed by atoms with Crippen molar-refractivity contribution in [2.45, 2.75) is 20.3 Å². The van der Waals surface area contributed by atoms with Gasteiger partial charge >= 0.3 is 0 Å². The normalized spacial score (nSPS) is 10.6. The highest BCUT2D eigenvalue weighted by molar-refractivity contribution is 5.47. The summed E-state index contributed by atoms with van der Waals surface area (Å²) in [6, 6.07) is 1.90. The second-order valence-electron chi connectivity index (χ2n) is 4.52. The molecule has 0 aromatic carbocycles. The third-order valence-corrected chi connectivity index (χ3v) is 2.51. The summed E-state index contributed by atoms with van der Waals surface area (Å²) in [6.45, 7) is 6.00. The molecule has 0 amide bonds. The molecule has 96 valence electrons. The SMILES string of the molecule is CC(C)CCNc1cc(N(C)CCO)ncn1. The fraction of sp³-hybridized carbons (Fsp3) is 0.667. The Balaban J connectivity index is 2.53. The van der Waals surface area contributed by atoms with Gasteiger partial charge in [-0.15, -0.1) is 0 Å². The summed E-state index contributed by atoms with van der Waals surface area (Å²) in [4.78, 5) is 10.2. The number of likely N-dealkylation sites (N-methyl/N-ethyl adjacent to an activating group) is 1. The van der Waals surface area contributed by atoms with Crippen molar-refractivity contribution in [2.75, 3.05) is 37.0 Å². The topological polar surface area (TPSA) is 61.3 Å². The van der Waals surface area contributed by atoms with E-state index in [0.29, 0.717) is 12.5 Å². The van der Waals surface area contributed by atoms with Crippen LogP contribution in [0.15, 0.2) is 12.4 Å². The van der Waals surface area contributed by atoms with Gasteiger partial charge in [0.15, 0.2) is 0 Å².